The first-order valence-corrected chi connectivity index (χ1v) is 14.8. The van der Waals surface area contributed by atoms with Crippen LogP contribution in [0.5, 0.6) is 0 Å². The molecule has 2 aromatic carbocycles. The highest BCUT2D eigenvalue weighted by Gasteiger charge is 2.53. The standard InChI is InChI=1S/C25H19BrClFN4O3S2/c26-20-8-7-17(13-21(20)27)23(33)32-10-11-37(34,35)25(28,15-32)24-29-14-18(36-24)12-16-4-1-2-5-19(16)22-6-3-9-30-31-22/h1-9,13-14H,10-12,15H2/t25-/m0/s1. The molecule has 0 radical (unpaired) electrons. The minimum atomic E-state index is -4.21. The van der Waals surface area contributed by atoms with Gasteiger partial charge in [0.15, 0.2) is 9.84 Å². The molecule has 1 aliphatic rings. The lowest BCUT2D eigenvalue weighted by atomic mass is 10.0. The number of thiazole rings is 1. The number of sulfone groups is 1. The smallest absolute Gasteiger partial charge is 0.278 e. The minimum Gasteiger partial charge on any atom is -0.333 e. The summed E-state index contributed by atoms with van der Waals surface area (Å²) in [5.41, 5.74) is 2.73. The monoisotopic (exact) mass is 620 g/mol. The number of halogens is 3. The van der Waals surface area contributed by atoms with Gasteiger partial charge < -0.3 is 4.90 Å². The van der Waals surface area contributed by atoms with Crippen LogP contribution in [-0.2, 0) is 21.3 Å². The van der Waals surface area contributed by atoms with Gasteiger partial charge in [-0.1, -0.05) is 35.9 Å². The van der Waals surface area contributed by atoms with Crippen molar-refractivity contribution < 1.29 is 17.6 Å². The van der Waals surface area contributed by atoms with E-state index >= 15 is 4.39 Å². The van der Waals surface area contributed by atoms with Gasteiger partial charge in [-0.2, -0.15) is 10.2 Å². The Hall–Kier alpha value is -2.73. The fourth-order valence-electron chi connectivity index (χ4n) is 4.12. The number of carbonyl (C=O) groups excluding carboxylic acids is 1. The minimum absolute atomic E-state index is 0.121. The Labute approximate surface area is 230 Å². The van der Waals surface area contributed by atoms with Gasteiger partial charge in [-0.25, -0.2) is 17.8 Å². The number of benzene rings is 2. The van der Waals surface area contributed by atoms with E-state index < -0.39 is 33.0 Å². The second-order valence-electron chi connectivity index (χ2n) is 8.48. The molecule has 0 N–H and O–H groups in total. The van der Waals surface area contributed by atoms with Crippen molar-refractivity contribution in [2.24, 2.45) is 0 Å². The van der Waals surface area contributed by atoms with Crippen LogP contribution in [0, 0.1) is 0 Å². The average molecular weight is 622 g/mol. The summed E-state index contributed by atoms with van der Waals surface area (Å²) in [6, 6.07) is 15.9. The molecule has 3 heterocycles. The predicted octanol–water partition coefficient (Wildman–Crippen LogP) is 5.30. The molecule has 1 aliphatic heterocycles. The van der Waals surface area contributed by atoms with Crippen LogP contribution in [0.25, 0.3) is 11.3 Å². The van der Waals surface area contributed by atoms with E-state index in [1.165, 1.54) is 17.2 Å². The molecule has 12 heteroatoms. The molecule has 7 nitrogen and oxygen atoms in total. The van der Waals surface area contributed by atoms with E-state index in [-0.39, 0.29) is 17.1 Å². The predicted molar refractivity (Wildman–Crippen MR) is 144 cm³/mol. The van der Waals surface area contributed by atoms with E-state index in [0.717, 1.165) is 22.5 Å². The summed E-state index contributed by atoms with van der Waals surface area (Å²) < 4.78 is 42.8. The van der Waals surface area contributed by atoms with Crippen LogP contribution in [-0.4, -0.2) is 53.2 Å². The fourth-order valence-corrected chi connectivity index (χ4v) is 7.41. The van der Waals surface area contributed by atoms with Gasteiger partial charge in [0.25, 0.3) is 10.9 Å². The molecule has 0 unspecified atom stereocenters. The zero-order valence-corrected chi connectivity index (χ0v) is 23.1. The van der Waals surface area contributed by atoms with E-state index in [2.05, 4.69) is 31.1 Å². The van der Waals surface area contributed by atoms with E-state index in [1.54, 1.807) is 24.4 Å². The zero-order chi connectivity index (χ0) is 26.2. The third-order valence-electron chi connectivity index (χ3n) is 6.07. The third-order valence-corrected chi connectivity index (χ3v) is 10.6. The average Bonchev–Trinajstić information content (AvgIpc) is 3.37. The van der Waals surface area contributed by atoms with Gasteiger partial charge in [-0.05, 0) is 51.8 Å². The van der Waals surface area contributed by atoms with Crippen molar-refractivity contribution in [1.29, 1.82) is 0 Å². The molecule has 190 valence electrons. The van der Waals surface area contributed by atoms with Crippen molar-refractivity contribution >= 4 is 54.6 Å². The maximum Gasteiger partial charge on any atom is 0.278 e. The Morgan fingerprint density at radius 2 is 2.00 bits per heavy atom. The van der Waals surface area contributed by atoms with Gasteiger partial charge in [-0.3, -0.25) is 4.79 Å². The summed E-state index contributed by atoms with van der Waals surface area (Å²) >= 11 is 10.4. The van der Waals surface area contributed by atoms with Crippen LogP contribution < -0.4 is 0 Å². The summed E-state index contributed by atoms with van der Waals surface area (Å²) in [6.45, 7) is -0.769. The van der Waals surface area contributed by atoms with Crippen molar-refractivity contribution in [1.82, 2.24) is 20.1 Å². The first-order chi connectivity index (χ1) is 17.7. The molecule has 5 rings (SSSR count). The lowest BCUT2D eigenvalue weighted by molar-refractivity contribution is 0.0666. The highest BCUT2D eigenvalue weighted by molar-refractivity contribution is 9.10. The fraction of sp³-hybridized carbons (Fsp3) is 0.200. The maximum atomic E-state index is 16.4. The third kappa shape index (κ3) is 5.05. The first kappa shape index (κ1) is 25.9. The summed E-state index contributed by atoms with van der Waals surface area (Å²) in [5.74, 6) is -1.01. The summed E-state index contributed by atoms with van der Waals surface area (Å²) in [6.07, 6.45) is 3.48. The van der Waals surface area contributed by atoms with E-state index in [4.69, 9.17) is 11.6 Å². The first-order valence-electron chi connectivity index (χ1n) is 11.1. The van der Waals surface area contributed by atoms with Gasteiger partial charge in [0.1, 0.15) is 5.01 Å². The van der Waals surface area contributed by atoms with E-state index in [9.17, 15) is 13.2 Å². The number of amides is 1. The summed E-state index contributed by atoms with van der Waals surface area (Å²) in [4.78, 5) is 19.1. The van der Waals surface area contributed by atoms with Crippen molar-refractivity contribution in [3.8, 4) is 11.3 Å². The molecular weight excluding hydrogens is 603 g/mol. The SMILES string of the molecule is O=C(c1ccc(Br)c(Cl)c1)N1CCS(=O)(=O)[C@](F)(c2ncc(Cc3ccccc3-c3cccnn3)s2)C1. The van der Waals surface area contributed by atoms with Crippen molar-refractivity contribution in [3.05, 3.63) is 97.5 Å². The highest BCUT2D eigenvalue weighted by atomic mass is 79.9. The maximum absolute atomic E-state index is 16.4. The molecule has 1 fully saturated rings. The number of rotatable bonds is 5. The number of hydrogen-bond acceptors (Lipinski definition) is 7. The molecule has 1 saturated heterocycles. The van der Waals surface area contributed by atoms with Gasteiger partial charge in [0.2, 0.25) is 0 Å². The molecule has 0 saturated carbocycles. The normalized spacial score (nSPS) is 19.1. The Bertz CT molecular complexity index is 1590. The molecule has 0 bridgehead atoms. The molecule has 0 aliphatic carbocycles. The lowest BCUT2D eigenvalue weighted by Crippen LogP contribution is -2.53. The van der Waals surface area contributed by atoms with Gasteiger partial charge in [-0.15, -0.1) is 11.3 Å². The Balaban J connectivity index is 1.42. The van der Waals surface area contributed by atoms with Gasteiger partial charge >= 0.3 is 0 Å². The topological polar surface area (TPSA) is 93.1 Å². The van der Waals surface area contributed by atoms with Gasteiger partial charge in [0, 0.05) is 45.8 Å². The quantitative estimate of drug-likeness (QED) is 0.300. The molecule has 2 aromatic heterocycles. The molecule has 37 heavy (non-hydrogen) atoms. The highest BCUT2D eigenvalue weighted by Crippen LogP contribution is 2.40. The van der Waals surface area contributed by atoms with Crippen molar-refractivity contribution in [2.45, 2.75) is 11.4 Å². The van der Waals surface area contributed by atoms with Crippen LogP contribution in [0.2, 0.25) is 5.02 Å². The molecule has 4 aromatic rings. The van der Waals surface area contributed by atoms with Crippen molar-refractivity contribution in [2.75, 3.05) is 18.8 Å². The summed E-state index contributed by atoms with van der Waals surface area (Å²) in [7, 11) is -4.21. The second-order valence-corrected chi connectivity index (χ2v) is 13.1. The molecule has 1 atom stereocenters. The lowest BCUT2D eigenvalue weighted by Gasteiger charge is -2.35. The Morgan fingerprint density at radius 1 is 1.19 bits per heavy atom. The summed E-state index contributed by atoms with van der Waals surface area (Å²) in [5, 5.41) is 5.43. The van der Waals surface area contributed by atoms with Crippen LogP contribution in [0.1, 0.15) is 25.8 Å². The van der Waals surface area contributed by atoms with Crippen LogP contribution in [0.3, 0.4) is 0 Å². The van der Waals surface area contributed by atoms with Crippen molar-refractivity contribution in [3.63, 3.8) is 0 Å². The number of aromatic nitrogens is 3. The Kier molecular flexibility index (Phi) is 7.14. The van der Waals surface area contributed by atoms with E-state index in [1.807, 2.05) is 30.3 Å². The number of nitrogens with zero attached hydrogens (tertiary/aromatic N) is 4. The van der Waals surface area contributed by atoms with Crippen LogP contribution in [0.4, 0.5) is 4.39 Å². The van der Waals surface area contributed by atoms with E-state index in [0.29, 0.717) is 26.5 Å². The second kappa shape index (κ2) is 10.2. The molecular formula is C25H19BrClFN4O3S2. The van der Waals surface area contributed by atoms with Crippen LogP contribution in [0.15, 0.2) is 71.5 Å². The van der Waals surface area contributed by atoms with Gasteiger partial charge in [0.05, 0.1) is 23.0 Å². The zero-order valence-electron chi connectivity index (χ0n) is 19.1. The number of carbonyl (C=O) groups is 1. The Morgan fingerprint density at radius 3 is 2.76 bits per heavy atom. The molecule has 0 spiro atoms. The number of hydrogen-bond donors (Lipinski definition) is 0. The van der Waals surface area contributed by atoms with Crippen LogP contribution >= 0.6 is 38.9 Å². The number of alkyl halides is 1. The largest absolute Gasteiger partial charge is 0.333 e. The molecule has 1 amide bonds.